The van der Waals surface area contributed by atoms with Gasteiger partial charge in [0.05, 0.1) is 11.8 Å². The second kappa shape index (κ2) is 6.44. The van der Waals surface area contributed by atoms with Crippen LogP contribution in [0.25, 0.3) is 0 Å². The molecule has 96 valence electrons. The van der Waals surface area contributed by atoms with E-state index in [0.717, 1.165) is 5.56 Å². The van der Waals surface area contributed by atoms with E-state index in [4.69, 9.17) is 4.84 Å². The van der Waals surface area contributed by atoms with Crippen molar-refractivity contribution in [1.82, 2.24) is 4.98 Å². The SMILES string of the molecule is CC(/C=N/OC(=O)c1cccnc1)c1ccccc1. The first-order valence-corrected chi connectivity index (χ1v) is 5.97. The molecule has 2 rings (SSSR count). The van der Waals surface area contributed by atoms with Crippen LogP contribution >= 0.6 is 0 Å². The van der Waals surface area contributed by atoms with Crippen molar-refractivity contribution in [2.24, 2.45) is 5.16 Å². The highest BCUT2D eigenvalue weighted by Gasteiger charge is 2.06. The maximum absolute atomic E-state index is 11.6. The molecular formula is C15H14N2O2. The van der Waals surface area contributed by atoms with Crippen LogP contribution in [-0.4, -0.2) is 17.2 Å². The van der Waals surface area contributed by atoms with Crippen molar-refractivity contribution in [1.29, 1.82) is 0 Å². The second-order valence-corrected chi connectivity index (χ2v) is 4.07. The maximum atomic E-state index is 11.6. The summed E-state index contributed by atoms with van der Waals surface area (Å²) in [5.74, 6) is -0.424. The highest BCUT2D eigenvalue weighted by molar-refractivity contribution is 5.89. The molecule has 0 spiro atoms. The molecule has 0 saturated carbocycles. The van der Waals surface area contributed by atoms with Crippen molar-refractivity contribution in [2.75, 3.05) is 0 Å². The Hall–Kier alpha value is -2.49. The van der Waals surface area contributed by atoms with E-state index >= 15 is 0 Å². The predicted molar refractivity (Wildman–Crippen MR) is 73.0 cm³/mol. The van der Waals surface area contributed by atoms with Crippen molar-refractivity contribution in [3.05, 3.63) is 66.0 Å². The van der Waals surface area contributed by atoms with Gasteiger partial charge in [-0.15, -0.1) is 0 Å². The van der Waals surface area contributed by atoms with E-state index in [2.05, 4.69) is 10.1 Å². The molecule has 1 heterocycles. The highest BCUT2D eigenvalue weighted by Crippen LogP contribution is 2.12. The van der Waals surface area contributed by atoms with Crippen LogP contribution in [0, 0.1) is 0 Å². The fourth-order valence-corrected chi connectivity index (χ4v) is 1.55. The van der Waals surface area contributed by atoms with Gasteiger partial charge in [0.1, 0.15) is 0 Å². The van der Waals surface area contributed by atoms with E-state index in [1.807, 2.05) is 37.3 Å². The third kappa shape index (κ3) is 3.74. The third-order valence-corrected chi connectivity index (χ3v) is 2.64. The number of benzene rings is 1. The molecule has 1 atom stereocenters. The molecule has 1 unspecified atom stereocenters. The summed E-state index contributed by atoms with van der Waals surface area (Å²) in [4.78, 5) is 20.2. The van der Waals surface area contributed by atoms with Gasteiger partial charge in [-0.3, -0.25) is 4.98 Å². The molecule has 0 radical (unpaired) electrons. The summed E-state index contributed by atoms with van der Waals surface area (Å²) in [5, 5.41) is 3.72. The van der Waals surface area contributed by atoms with Gasteiger partial charge in [0, 0.05) is 18.3 Å². The summed E-state index contributed by atoms with van der Waals surface area (Å²) < 4.78 is 0. The number of hydrogen-bond acceptors (Lipinski definition) is 4. The molecule has 2 aromatic rings. The normalized spacial score (nSPS) is 12.3. The van der Waals surface area contributed by atoms with E-state index < -0.39 is 5.97 Å². The number of aromatic nitrogens is 1. The van der Waals surface area contributed by atoms with Gasteiger partial charge in [0.15, 0.2) is 0 Å². The zero-order valence-electron chi connectivity index (χ0n) is 10.6. The first kappa shape index (κ1) is 13.0. The van der Waals surface area contributed by atoms with Gasteiger partial charge in [0.2, 0.25) is 0 Å². The lowest BCUT2D eigenvalue weighted by Gasteiger charge is -2.04. The fourth-order valence-electron chi connectivity index (χ4n) is 1.55. The summed E-state index contributed by atoms with van der Waals surface area (Å²) in [7, 11) is 0. The van der Waals surface area contributed by atoms with E-state index in [-0.39, 0.29) is 5.92 Å². The zero-order chi connectivity index (χ0) is 13.5. The van der Waals surface area contributed by atoms with Gasteiger partial charge in [-0.25, -0.2) is 4.79 Å². The highest BCUT2D eigenvalue weighted by atomic mass is 16.7. The Morgan fingerprint density at radius 1 is 1.26 bits per heavy atom. The van der Waals surface area contributed by atoms with Gasteiger partial charge in [0.25, 0.3) is 0 Å². The van der Waals surface area contributed by atoms with Gasteiger partial charge in [-0.1, -0.05) is 42.4 Å². The third-order valence-electron chi connectivity index (χ3n) is 2.64. The Labute approximate surface area is 111 Å². The van der Waals surface area contributed by atoms with Crippen LogP contribution in [-0.2, 0) is 4.84 Å². The smallest absolute Gasteiger partial charge is 0.313 e. The fraction of sp³-hybridized carbons (Fsp3) is 0.133. The Kier molecular flexibility index (Phi) is 4.39. The maximum Gasteiger partial charge on any atom is 0.367 e. The van der Waals surface area contributed by atoms with Gasteiger partial charge in [-0.05, 0) is 17.7 Å². The lowest BCUT2D eigenvalue weighted by molar-refractivity contribution is 0.0517. The summed E-state index contributed by atoms with van der Waals surface area (Å²) in [6, 6.07) is 13.2. The van der Waals surface area contributed by atoms with Gasteiger partial charge in [-0.2, -0.15) is 0 Å². The number of hydrogen-bond donors (Lipinski definition) is 0. The molecule has 0 fully saturated rings. The predicted octanol–water partition coefficient (Wildman–Crippen LogP) is 3.03. The molecule has 0 saturated heterocycles. The van der Waals surface area contributed by atoms with E-state index in [0.29, 0.717) is 5.56 Å². The van der Waals surface area contributed by atoms with Crippen molar-refractivity contribution in [3.63, 3.8) is 0 Å². The van der Waals surface area contributed by atoms with E-state index in [1.54, 1.807) is 24.5 Å². The standard InChI is InChI=1S/C15H14N2O2/c1-12(13-6-3-2-4-7-13)10-17-19-15(18)14-8-5-9-16-11-14/h2-12H,1H3/b17-10+. The minimum atomic E-state index is -0.510. The van der Waals surface area contributed by atoms with E-state index in [9.17, 15) is 4.79 Å². The van der Waals surface area contributed by atoms with Crippen LogP contribution in [0.4, 0.5) is 0 Å². The molecule has 0 aliphatic carbocycles. The second-order valence-electron chi connectivity index (χ2n) is 4.07. The van der Waals surface area contributed by atoms with Crippen LogP contribution in [0.1, 0.15) is 28.8 Å². The molecule has 1 aromatic heterocycles. The monoisotopic (exact) mass is 254 g/mol. The Bertz CT molecular complexity index is 553. The quantitative estimate of drug-likeness (QED) is 0.478. The Balaban J connectivity index is 1.92. The largest absolute Gasteiger partial charge is 0.367 e. The molecule has 1 aromatic carbocycles. The number of carbonyl (C=O) groups is 1. The van der Waals surface area contributed by atoms with Gasteiger partial charge < -0.3 is 4.84 Å². The first-order valence-electron chi connectivity index (χ1n) is 5.97. The molecule has 4 heteroatoms. The minimum absolute atomic E-state index is 0.0860. The zero-order valence-corrected chi connectivity index (χ0v) is 10.6. The molecule has 19 heavy (non-hydrogen) atoms. The summed E-state index contributed by atoms with van der Waals surface area (Å²) in [6.07, 6.45) is 4.64. The number of rotatable bonds is 4. The molecule has 0 aliphatic heterocycles. The number of oxime groups is 1. The molecule has 0 N–H and O–H groups in total. The topological polar surface area (TPSA) is 51.5 Å². The Morgan fingerprint density at radius 2 is 2.05 bits per heavy atom. The van der Waals surface area contributed by atoms with Crippen molar-refractivity contribution >= 4 is 12.2 Å². The van der Waals surface area contributed by atoms with Crippen LogP contribution in [0.5, 0.6) is 0 Å². The molecule has 4 nitrogen and oxygen atoms in total. The molecule has 0 aliphatic rings. The Morgan fingerprint density at radius 3 is 2.74 bits per heavy atom. The molecule has 0 bridgehead atoms. The summed E-state index contributed by atoms with van der Waals surface area (Å²) >= 11 is 0. The van der Waals surface area contributed by atoms with Crippen molar-refractivity contribution in [2.45, 2.75) is 12.8 Å². The van der Waals surface area contributed by atoms with Crippen molar-refractivity contribution < 1.29 is 9.63 Å². The number of carbonyl (C=O) groups excluding carboxylic acids is 1. The van der Waals surface area contributed by atoms with Crippen LogP contribution in [0.15, 0.2) is 60.0 Å². The number of nitrogens with zero attached hydrogens (tertiary/aromatic N) is 2. The van der Waals surface area contributed by atoms with Crippen molar-refractivity contribution in [3.8, 4) is 0 Å². The first-order chi connectivity index (χ1) is 9.27. The lowest BCUT2D eigenvalue weighted by Crippen LogP contribution is -2.02. The molecular weight excluding hydrogens is 240 g/mol. The minimum Gasteiger partial charge on any atom is -0.313 e. The van der Waals surface area contributed by atoms with Gasteiger partial charge >= 0.3 is 5.97 Å². The molecule has 0 amide bonds. The number of pyridine rings is 1. The van der Waals surface area contributed by atoms with Crippen LogP contribution in [0.3, 0.4) is 0 Å². The van der Waals surface area contributed by atoms with Crippen LogP contribution in [0.2, 0.25) is 0 Å². The average molecular weight is 254 g/mol. The average Bonchev–Trinajstić information content (AvgIpc) is 2.49. The summed E-state index contributed by atoms with van der Waals surface area (Å²) in [6.45, 7) is 1.98. The lowest BCUT2D eigenvalue weighted by atomic mass is 10.0. The van der Waals surface area contributed by atoms with E-state index in [1.165, 1.54) is 6.20 Å². The summed E-state index contributed by atoms with van der Waals surface area (Å²) in [5.41, 5.74) is 1.50. The van der Waals surface area contributed by atoms with Crippen LogP contribution < -0.4 is 0 Å².